The Labute approximate surface area is 228 Å². The van der Waals surface area contributed by atoms with Crippen LogP contribution in [0.2, 0.25) is 0 Å². The van der Waals surface area contributed by atoms with Crippen molar-refractivity contribution in [1.82, 2.24) is 20.3 Å². The fourth-order valence-corrected chi connectivity index (χ4v) is 6.30. The molecule has 2 heterocycles. The molecule has 2 aliphatic carbocycles. The minimum atomic E-state index is -3.75. The maximum absolute atomic E-state index is 13.2. The van der Waals surface area contributed by atoms with E-state index in [1.165, 1.54) is 7.11 Å². The van der Waals surface area contributed by atoms with Crippen LogP contribution in [0.3, 0.4) is 0 Å². The van der Waals surface area contributed by atoms with Crippen molar-refractivity contribution < 1.29 is 32.2 Å². The summed E-state index contributed by atoms with van der Waals surface area (Å²) in [7, 11) is 4.04. The highest BCUT2D eigenvalue weighted by molar-refractivity contribution is 7.91. The number of methoxy groups -OCH3 is 1. The van der Waals surface area contributed by atoms with Crippen LogP contribution in [0, 0.1) is 5.92 Å². The average Bonchev–Trinajstić information content (AvgIpc) is 3.82. The predicted octanol–water partition coefficient (Wildman–Crippen LogP) is 0.215. The summed E-state index contributed by atoms with van der Waals surface area (Å²) in [4.78, 5) is 30.6. The Hall–Kier alpha value is -3.32. The van der Waals surface area contributed by atoms with Crippen molar-refractivity contribution >= 4 is 46.0 Å². The molecule has 11 nitrogen and oxygen atoms in total. The van der Waals surface area contributed by atoms with E-state index in [0.717, 1.165) is 0 Å². The van der Waals surface area contributed by atoms with E-state index in [1.807, 2.05) is 6.92 Å². The monoisotopic (exact) mass is 554 g/mol. The summed E-state index contributed by atoms with van der Waals surface area (Å²) in [5.74, 6) is -0.160. The lowest BCUT2D eigenvalue weighted by Crippen LogP contribution is -2.55. The summed E-state index contributed by atoms with van der Waals surface area (Å²) in [6, 6.07) is 4.57. The standard InChI is InChI=1S/C26H31BN4O7S/c1-4-14-12-26(14,25(33)31-39(34,35)16-6-7-16)30-24(32)18-10-15(13-28-18)38-20-11-21(37-5-2)29-23-17(20)8-9-19(36-3)22(23)27/h4,8-9,11,14-16,18,28H,1,5-7,10,12-13H2,2-3H3,(H,30,32)(H,31,33)/t14?,15-,18+,26-/m1/s1. The van der Waals surface area contributed by atoms with Crippen molar-refractivity contribution in [2.24, 2.45) is 5.92 Å². The highest BCUT2D eigenvalue weighted by Gasteiger charge is 2.61. The Morgan fingerprint density at radius 2 is 2.08 bits per heavy atom. The number of sulfonamides is 1. The van der Waals surface area contributed by atoms with Gasteiger partial charge in [-0.25, -0.2) is 13.4 Å². The fraction of sp³-hybridized carbons (Fsp3) is 0.500. The van der Waals surface area contributed by atoms with Crippen LogP contribution in [0.25, 0.3) is 10.9 Å². The molecule has 39 heavy (non-hydrogen) atoms. The van der Waals surface area contributed by atoms with Gasteiger partial charge in [0.05, 0.1) is 30.5 Å². The van der Waals surface area contributed by atoms with Crippen molar-refractivity contribution in [1.29, 1.82) is 0 Å². The lowest BCUT2D eigenvalue weighted by atomic mass is 9.91. The van der Waals surface area contributed by atoms with E-state index < -0.39 is 38.7 Å². The molecule has 0 bridgehead atoms. The summed E-state index contributed by atoms with van der Waals surface area (Å²) in [5, 5.41) is 6.05. The molecule has 206 valence electrons. The first-order valence-electron chi connectivity index (χ1n) is 12.9. The number of pyridine rings is 1. The Bertz CT molecular complexity index is 1430. The largest absolute Gasteiger partial charge is 0.497 e. The molecule has 4 atom stereocenters. The number of rotatable bonds is 11. The van der Waals surface area contributed by atoms with E-state index in [9.17, 15) is 18.0 Å². The molecule has 3 N–H and O–H groups in total. The molecule has 3 fully saturated rings. The summed E-state index contributed by atoms with van der Waals surface area (Å²) in [5.41, 5.74) is -0.489. The Balaban J connectivity index is 1.29. The van der Waals surface area contributed by atoms with Crippen molar-refractivity contribution in [2.75, 3.05) is 20.3 Å². The summed E-state index contributed by atoms with van der Waals surface area (Å²) >= 11 is 0. The number of fused-ring (bicyclic) bond motifs is 1. The maximum Gasteiger partial charge on any atom is 0.259 e. The van der Waals surface area contributed by atoms with Gasteiger partial charge in [-0.15, -0.1) is 6.58 Å². The van der Waals surface area contributed by atoms with Gasteiger partial charge in [0.15, 0.2) is 0 Å². The Morgan fingerprint density at radius 1 is 1.31 bits per heavy atom. The molecule has 1 saturated heterocycles. The molecule has 1 aromatic heterocycles. The first-order valence-corrected chi connectivity index (χ1v) is 14.5. The lowest BCUT2D eigenvalue weighted by molar-refractivity contribution is -0.130. The average molecular weight is 554 g/mol. The van der Waals surface area contributed by atoms with Crippen LogP contribution in [0.4, 0.5) is 0 Å². The molecule has 2 radical (unpaired) electrons. The van der Waals surface area contributed by atoms with Crippen LogP contribution < -0.4 is 35.0 Å². The van der Waals surface area contributed by atoms with Gasteiger partial charge < -0.3 is 24.8 Å². The zero-order valence-electron chi connectivity index (χ0n) is 21.9. The normalized spacial score (nSPS) is 26.1. The molecular weight excluding hydrogens is 523 g/mol. The lowest BCUT2D eigenvalue weighted by Gasteiger charge is -2.21. The second-order valence-corrected chi connectivity index (χ2v) is 12.0. The third kappa shape index (κ3) is 5.29. The number of amides is 2. The topological polar surface area (TPSA) is 145 Å². The van der Waals surface area contributed by atoms with Gasteiger partial charge in [0.25, 0.3) is 5.91 Å². The van der Waals surface area contributed by atoms with Crippen LogP contribution in [0.5, 0.6) is 17.4 Å². The van der Waals surface area contributed by atoms with Crippen LogP contribution in [-0.4, -0.2) is 76.3 Å². The Morgan fingerprint density at radius 3 is 2.72 bits per heavy atom. The minimum Gasteiger partial charge on any atom is -0.497 e. The van der Waals surface area contributed by atoms with Gasteiger partial charge in [-0.05, 0) is 43.8 Å². The zero-order chi connectivity index (χ0) is 27.9. The fourth-order valence-electron chi connectivity index (χ4n) is 4.93. The van der Waals surface area contributed by atoms with Gasteiger partial charge >= 0.3 is 0 Å². The molecule has 2 saturated carbocycles. The van der Waals surface area contributed by atoms with Crippen LogP contribution in [0.15, 0.2) is 30.9 Å². The van der Waals surface area contributed by atoms with Crippen LogP contribution >= 0.6 is 0 Å². The first-order chi connectivity index (χ1) is 18.6. The molecule has 2 amide bonds. The number of nitrogens with one attached hydrogen (secondary N) is 3. The SMILES string of the molecule is [B]c1c(OC)ccc2c(O[C@H]3CN[C@H](C(=O)N[C@]4(C(=O)NS(=O)(=O)C5CC5)CC4C=C)C3)cc(OCC)nc12. The number of hydrogen-bond donors (Lipinski definition) is 3. The summed E-state index contributed by atoms with van der Waals surface area (Å²) in [6.07, 6.45) is 2.84. The number of carbonyl (C=O) groups is 2. The van der Waals surface area contributed by atoms with E-state index in [0.29, 0.717) is 66.2 Å². The van der Waals surface area contributed by atoms with Gasteiger partial charge in [0.1, 0.15) is 31.0 Å². The number of benzene rings is 1. The highest BCUT2D eigenvalue weighted by Crippen LogP contribution is 2.45. The van der Waals surface area contributed by atoms with E-state index >= 15 is 0 Å². The van der Waals surface area contributed by atoms with Gasteiger partial charge in [-0.2, -0.15) is 0 Å². The molecule has 0 spiro atoms. The third-order valence-electron chi connectivity index (χ3n) is 7.38. The summed E-state index contributed by atoms with van der Waals surface area (Å²) in [6.45, 7) is 6.34. The van der Waals surface area contributed by atoms with E-state index in [2.05, 4.69) is 26.9 Å². The second kappa shape index (κ2) is 10.3. The van der Waals surface area contributed by atoms with Crippen molar-refractivity contribution in [3.05, 3.63) is 30.9 Å². The smallest absolute Gasteiger partial charge is 0.259 e. The molecule has 1 aromatic carbocycles. The minimum absolute atomic E-state index is 0.287. The molecule has 1 unspecified atom stereocenters. The van der Waals surface area contributed by atoms with Gasteiger partial charge in [-0.1, -0.05) is 6.08 Å². The third-order valence-corrected chi connectivity index (χ3v) is 9.20. The summed E-state index contributed by atoms with van der Waals surface area (Å²) < 4.78 is 44.0. The number of ether oxygens (including phenoxy) is 3. The number of aromatic nitrogens is 1. The zero-order valence-corrected chi connectivity index (χ0v) is 22.7. The molecular formula is C26H31BN4O7S. The molecule has 1 aliphatic heterocycles. The van der Waals surface area contributed by atoms with E-state index in [1.54, 1.807) is 24.3 Å². The molecule has 2 aromatic rings. The van der Waals surface area contributed by atoms with Crippen molar-refractivity contribution in [3.63, 3.8) is 0 Å². The molecule has 5 rings (SSSR count). The second-order valence-electron chi connectivity index (χ2n) is 10.1. The van der Waals surface area contributed by atoms with E-state index in [4.69, 9.17) is 22.1 Å². The van der Waals surface area contributed by atoms with Crippen molar-refractivity contribution in [3.8, 4) is 17.4 Å². The quantitative estimate of drug-likeness (QED) is 0.262. The van der Waals surface area contributed by atoms with Crippen LogP contribution in [0.1, 0.15) is 32.6 Å². The number of nitrogens with zero attached hydrogens (tertiary/aromatic N) is 1. The van der Waals surface area contributed by atoms with Gasteiger partial charge in [0.2, 0.25) is 21.8 Å². The number of carbonyl (C=O) groups excluding carboxylic acids is 2. The molecule has 13 heteroatoms. The maximum atomic E-state index is 13.2. The van der Waals surface area contributed by atoms with Crippen molar-refractivity contribution in [2.45, 2.75) is 55.5 Å². The van der Waals surface area contributed by atoms with E-state index in [-0.39, 0.29) is 18.4 Å². The van der Waals surface area contributed by atoms with Gasteiger partial charge in [0, 0.05) is 30.3 Å². The Kier molecular flexibility index (Phi) is 7.23. The van der Waals surface area contributed by atoms with Crippen LogP contribution in [-0.2, 0) is 19.6 Å². The highest BCUT2D eigenvalue weighted by atomic mass is 32.2. The predicted molar refractivity (Wildman–Crippen MR) is 145 cm³/mol. The van der Waals surface area contributed by atoms with Gasteiger partial charge in [-0.3, -0.25) is 14.3 Å². The first kappa shape index (κ1) is 27.3. The number of hydrogen-bond acceptors (Lipinski definition) is 9. The molecule has 3 aliphatic rings.